The predicted octanol–water partition coefficient (Wildman–Crippen LogP) is 9.29. The molecule has 0 saturated heterocycles. The molecule has 4 heteroatoms. The second-order valence-corrected chi connectivity index (χ2v) is 10.4. The minimum absolute atomic E-state index is 0.466. The summed E-state index contributed by atoms with van der Waals surface area (Å²) in [6.07, 6.45) is 0. The van der Waals surface area contributed by atoms with Crippen molar-refractivity contribution < 1.29 is 0 Å². The van der Waals surface area contributed by atoms with Crippen molar-refractivity contribution in [3.05, 3.63) is 145 Å². The summed E-state index contributed by atoms with van der Waals surface area (Å²) in [6, 6.07) is 50.2. The van der Waals surface area contributed by atoms with E-state index in [0.717, 1.165) is 55.3 Å². The summed E-state index contributed by atoms with van der Waals surface area (Å²) in [7, 11) is 0. The quantitative estimate of drug-likeness (QED) is 0.227. The van der Waals surface area contributed by atoms with Gasteiger partial charge in [-0.05, 0) is 54.6 Å². The average Bonchev–Trinajstić information content (AvgIpc) is 3.56. The maximum atomic E-state index is 10.3. The molecule has 2 heterocycles. The van der Waals surface area contributed by atoms with Crippen LogP contribution in [0.5, 0.6) is 0 Å². The number of nitrogens with zero attached hydrogens (tertiary/aromatic N) is 4. The third-order valence-electron chi connectivity index (χ3n) is 8.18. The van der Waals surface area contributed by atoms with E-state index >= 15 is 0 Å². The topological polar surface area (TPSA) is 57.4 Å². The summed E-state index contributed by atoms with van der Waals surface area (Å²) in [5, 5.41) is 24.5. The van der Waals surface area contributed by atoms with Gasteiger partial charge in [0, 0.05) is 38.4 Å². The summed E-state index contributed by atoms with van der Waals surface area (Å²) in [4.78, 5) is 0. The largest absolute Gasteiger partial charge is 0.309 e. The second-order valence-electron chi connectivity index (χ2n) is 10.4. The standard InChI is InChI=1S/C38H22N4/c39-23-25-18-19-28(26(20-25)24-40)32-21-37-33(31-14-6-7-15-34(31)41(37)27-10-2-1-3-11-27)22-38(32)42-35-16-8-4-12-29(35)30-13-5-9-17-36(30)42/h1-22H. The molecule has 0 aliphatic heterocycles. The zero-order chi connectivity index (χ0) is 28.2. The van der Waals surface area contributed by atoms with Crippen molar-refractivity contribution in [2.24, 2.45) is 0 Å². The van der Waals surface area contributed by atoms with Crippen molar-refractivity contribution >= 4 is 43.6 Å². The molecule has 2 aromatic heterocycles. The monoisotopic (exact) mass is 534 g/mol. The number of benzene rings is 6. The van der Waals surface area contributed by atoms with Gasteiger partial charge < -0.3 is 9.13 Å². The van der Waals surface area contributed by atoms with Crippen molar-refractivity contribution in [1.29, 1.82) is 10.5 Å². The number of fused-ring (bicyclic) bond motifs is 6. The van der Waals surface area contributed by atoms with Gasteiger partial charge in [-0.15, -0.1) is 0 Å². The zero-order valence-corrected chi connectivity index (χ0v) is 22.5. The highest BCUT2D eigenvalue weighted by Crippen LogP contribution is 2.42. The van der Waals surface area contributed by atoms with E-state index < -0.39 is 0 Å². The molecule has 0 radical (unpaired) electrons. The fourth-order valence-corrected chi connectivity index (χ4v) is 6.38. The van der Waals surface area contributed by atoms with Crippen LogP contribution in [0.2, 0.25) is 0 Å². The van der Waals surface area contributed by atoms with E-state index in [-0.39, 0.29) is 0 Å². The molecule has 0 fully saturated rings. The van der Waals surface area contributed by atoms with E-state index in [1.54, 1.807) is 12.1 Å². The fourth-order valence-electron chi connectivity index (χ4n) is 6.38. The van der Waals surface area contributed by atoms with Crippen LogP contribution in [-0.4, -0.2) is 9.13 Å². The maximum absolute atomic E-state index is 10.3. The second kappa shape index (κ2) is 9.24. The summed E-state index contributed by atoms with van der Waals surface area (Å²) in [6.45, 7) is 0. The lowest BCUT2D eigenvalue weighted by Gasteiger charge is -2.17. The normalized spacial score (nSPS) is 11.3. The van der Waals surface area contributed by atoms with Gasteiger partial charge in [-0.25, -0.2) is 0 Å². The Hall–Kier alpha value is -6.10. The van der Waals surface area contributed by atoms with Crippen molar-refractivity contribution in [3.8, 4) is 34.6 Å². The van der Waals surface area contributed by atoms with Crippen molar-refractivity contribution in [2.45, 2.75) is 0 Å². The van der Waals surface area contributed by atoms with Gasteiger partial charge in [-0.1, -0.05) is 78.9 Å². The highest BCUT2D eigenvalue weighted by atomic mass is 15.0. The Kier molecular flexibility index (Phi) is 5.22. The average molecular weight is 535 g/mol. The van der Waals surface area contributed by atoms with Crippen LogP contribution < -0.4 is 0 Å². The van der Waals surface area contributed by atoms with E-state index in [2.05, 4.69) is 130 Å². The third kappa shape index (κ3) is 3.40. The first-order valence-corrected chi connectivity index (χ1v) is 13.8. The van der Waals surface area contributed by atoms with E-state index in [4.69, 9.17) is 0 Å². The van der Waals surface area contributed by atoms with Gasteiger partial charge in [-0.3, -0.25) is 0 Å². The van der Waals surface area contributed by atoms with Crippen LogP contribution in [0.1, 0.15) is 11.1 Å². The van der Waals surface area contributed by atoms with Crippen molar-refractivity contribution in [3.63, 3.8) is 0 Å². The molecule has 6 aromatic carbocycles. The fraction of sp³-hybridized carbons (Fsp3) is 0. The summed E-state index contributed by atoms with van der Waals surface area (Å²) >= 11 is 0. The smallest absolute Gasteiger partial charge is 0.0998 e. The molecule has 0 spiro atoms. The van der Waals surface area contributed by atoms with Crippen LogP contribution in [0.15, 0.2) is 133 Å². The highest BCUT2D eigenvalue weighted by Gasteiger charge is 2.21. The lowest BCUT2D eigenvalue weighted by molar-refractivity contribution is 1.17. The Labute approximate surface area is 242 Å². The van der Waals surface area contributed by atoms with Gasteiger partial charge in [0.1, 0.15) is 0 Å². The molecule has 0 bridgehead atoms. The highest BCUT2D eigenvalue weighted by molar-refractivity contribution is 6.14. The van der Waals surface area contributed by atoms with Crippen LogP contribution >= 0.6 is 0 Å². The number of hydrogen-bond acceptors (Lipinski definition) is 2. The van der Waals surface area contributed by atoms with Gasteiger partial charge >= 0.3 is 0 Å². The third-order valence-corrected chi connectivity index (χ3v) is 8.18. The molecule has 0 aliphatic carbocycles. The minimum Gasteiger partial charge on any atom is -0.309 e. The van der Waals surface area contributed by atoms with Crippen molar-refractivity contribution in [2.75, 3.05) is 0 Å². The summed E-state index contributed by atoms with van der Waals surface area (Å²) in [5.41, 5.74) is 9.06. The van der Waals surface area contributed by atoms with Gasteiger partial charge in [0.15, 0.2) is 0 Å². The lowest BCUT2D eigenvalue weighted by Crippen LogP contribution is -2.00. The molecule has 0 saturated carbocycles. The molecular formula is C38H22N4. The first-order valence-electron chi connectivity index (χ1n) is 13.8. The van der Waals surface area contributed by atoms with E-state index in [1.165, 1.54) is 10.8 Å². The Bertz CT molecular complexity index is 2380. The molecule has 194 valence electrons. The molecule has 0 amide bonds. The molecule has 0 N–H and O–H groups in total. The van der Waals surface area contributed by atoms with Gasteiger partial charge in [0.2, 0.25) is 0 Å². The Morgan fingerprint density at radius 3 is 1.62 bits per heavy atom. The summed E-state index contributed by atoms with van der Waals surface area (Å²) < 4.78 is 4.60. The number of para-hydroxylation sites is 4. The molecule has 4 nitrogen and oxygen atoms in total. The van der Waals surface area contributed by atoms with Crippen LogP contribution in [0.3, 0.4) is 0 Å². The van der Waals surface area contributed by atoms with Crippen molar-refractivity contribution in [1.82, 2.24) is 9.13 Å². The first-order chi connectivity index (χ1) is 20.8. The molecule has 8 aromatic rings. The van der Waals surface area contributed by atoms with E-state index in [0.29, 0.717) is 11.1 Å². The lowest BCUT2D eigenvalue weighted by atomic mass is 9.95. The molecule has 8 rings (SSSR count). The number of hydrogen-bond donors (Lipinski definition) is 0. The van der Waals surface area contributed by atoms with Crippen LogP contribution in [0.25, 0.3) is 66.1 Å². The van der Waals surface area contributed by atoms with E-state index in [9.17, 15) is 10.5 Å². The van der Waals surface area contributed by atoms with Gasteiger partial charge in [0.25, 0.3) is 0 Å². The van der Waals surface area contributed by atoms with Gasteiger partial charge in [0.05, 0.1) is 51.0 Å². The van der Waals surface area contributed by atoms with Crippen LogP contribution in [0, 0.1) is 22.7 Å². The van der Waals surface area contributed by atoms with E-state index in [1.807, 2.05) is 12.1 Å². The SMILES string of the molecule is N#Cc1ccc(-c2cc3c(cc2-n2c4ccccc4c4ccccc42)c2ccccc2n3-c2ccccc2)c(C#N)c1. The minimum atomic E-state index is 0.466. The maximum Gasteiger partial charge on any atom is 0.0998 e. The van der Waals surface area contributed by atoms with Crippen LogP contribution in [0.4, 0.5) is 0 Å². The zero-order valence-electron chi connectivity index (χ0n) is 22.5. The number of aromatic nitrogens is 2. The molecular weight excluding hydrogens is 512 g/mol. The van der Waals surface area contributed by atoms with Crippen LogP contribution in [-0.2, 0) is 0 Å². The molecule has 0 atom stereocenters. The number of rotatable bonds is 3. The summed E-state index contributed by atoms with van der Waals surface area (Å²) in [5.74, 6) is 0. The molecule has 0 unspecified atom stereocenters. The Balaban J connectivity index is 1.59. The Morgan fingerprint density at radius 2 is 1.00 bits per heavy atom. The number of nitriles is 2. The first kappa shape index (κ1) is 23.8. The predicted molar refractivity (Wildman–Crippen MR) is 170 cm³/mol. The Morgan fingerprint density at radius 1 is 0.429 bits per heavy atom. The van der Waals surface area contributed by atoms with Gasteiger partial charge in [-0.2, -0.15) is 10.5 Å². The molecule has 0 aliphatic rings. The molecule has 42 heavy (non-hydrogen) atoms.